The summed E-state index contributed by atoms with van der Waals surface area (Å²) in [7, 11) is 0. The predicted molar refractivity (Wildman–Crippen MR) is 78.8 cm³/mol. The summed E-state index contributed by atoms with van der Waals surface area (Å²) in [6, 6.07) is 5.62. The number of ether oxygens (including phenoxy) is 3. The third-order valence-electron chi connectivity index (χ3n) is 3.98. The van der Waals surface area contributed by atoms with Crippen molar-refractivity contribution in [1.29, 1.82) is 0 Å². The average molecular weight is 293 g/mol. The molecule has 21 heavy (non-hydrogen) atoms. The molecule has 2 heterocycles. The molecule has 1 fully saturated rings. The summed E-state index contributed by atoms with van der Waals surface area (Å²) in [5.41, 5.74) is 0.853. The first kappa shape index (κ1) is 14.6. The van der Waals surface area contributed by atoms with Crippen LogP contribution < -0.4 is 14.8 Å². The van der Waals surface area contributed by atoms with Crippen molar-refractivity contribution >= 4 is 0 Å². The molecule has 0 spiro atoms. The molecule has 2 aliphatic heterocycles. The van der Waals surface area contributed by atoms with Gasteiger partial charge < -0.3 is 24.6 Å². The summed E-state index contributed by atoms with van der Waals surface area (Å²) in [5.74, 6) is 2.04. The minimum absolute atomic E-state index is 0.537. The lowest BCUT2D eigenvalue weighted by atomic mass is 10.0. The fourth-order valence-corrected chi connectivity index (χ4v) is 2.78. The number of nitrogens with one attached hydrogen (secondary N) is 1. The summed E-state index contributed by atoms with van der Waals surface area (Å²) >= 11 is 0. The van der Waals surface area contributed by atoms with Crippen molar-refractivity contribution < 1.29 is 19.3 Å². The maximum atomic E-state index is 10.3. The smallest absolute Gasteiger partial charge is 0.161 e. The van der Waals surface area contributed by atoms with E-state index in [1.807, 2.05) is 18.2 Å². The molecule has 2 aliphatic rings. The molecule has 2 atom stereocenters. The van der Waals surface area contributed by atoms with Crippen LogP contribution in [0.1, 0.15) is 24.5 Å². The van der Waals surface area contributed by atoms with E-state index in [0.717, 1.165) is 43.2 Å². The van der Waals surface area contributed by atoms with Crippen LogP contribution in [-0.4, -0.2) is 44.6 Å². The van der Waals surface area contributed by atoms with Gasteiger partial charge in [0.05, 0.1) is 12.7 Å². The van der Waals surface area contributed by atoms with Crippen LogP contribution in [-0.2, 0) is 4.74 Å². The highest BCUT2D eigenvalue weighted by Gasteiger charge is 2.17. The van der Waals surface area contributed by atoms with Gasteiger partial charge in [0, 0.05) is 19.7 Å². The number of aliphatic hydroxyl groups is 1. The largest absolute Gasteiger partial charge is 0.486 e. The van der Waals surface area contributed by atoms with Gasteiger partial charge in [0.15, 0.2) is 11.5 Å². The van der Waals surface area contributed by atoms with Gasteiger partial charge in [-0.1, -0.05) is 6.07 Å². The van der Waals surface area contributed by atoms with E-state index in [1.54, 1.807) is 0 Å². The first-order valence-electron chi connectivity index (χ1n) is 7.69. The van der Waals surface area contributed by atoms with E-state index in [4.69, 9.17) is 14.2 Å². The van der Waals surface area contributed by atoms with E-state index in [0.29, 0.717) is 25.7 Å². The highest BCUT2D eigenvalue weighted by atomic mass is 16.6. The van der Waals surface area contributed by atoms with Crippen LogP contribution in [0.5, 0.6) is 11.5 Å². The number of hydrogen-bond acceptors (Lipinski definition) is 5. The molecular weight excluding hydrogens is 270 g/mol. The summed E-state index contributed by atoms with van der Waals surface area (Å²) < 4.78 is 16.5. The number of fused-ring (bicyclic) bond motifs is 1. The van der Waals surface area contributed by atoms with Gasteiger partial charge >= 0.3 is 0 Å². The van der Waals surface area contributed by atoms with E-state index in [2.05, 4.69) is 5.32 Å². The van der Waals surface area contributed by atoms with E-state index >= 15 is 0 Å². The van der Waals surface area contributed by atoms with Crippen LogP contribution in [0.3, 0.4) is 0 Å². The Morgan fingerprint density at radius 1 is 1.19 bits per heavy atom. The minimum Gasteiger partial charge on any atom is -0.486 e. The normalized spacial score (nSPS) is 22.8. The van der Waals surface area contributed by atoms with Gasteiger partial charge in [-0.3, -0.25) is 0 Å². The fourth-order valence-electron chi connectivity index (χ4n) is 2.78. The standard InChI is InChI=1S/C16H23NO4/c18-14(10-17-9-12-2-1-5-19-11-12)13-3-4-15-16(8-13)21-7-6-20-15/h3-4,8,12,14,17-18H,1-2,5-7,9-11H2. The minimum atomic E-state index is -0.537. The van der Waals surface area contributed by atoms with Crippen molar-refractivity contribution in [2.24, 2.45) is 5.92 Å². The van der Waals surface area contributed by atoms with Crippen molar-refractivity contribution in [2.45, 2.75) is 18.9 Å². The quantitative estimate of drug-likeness (QED) is 0.862. The SMILES string of the molecule is OC(CNCC1CCCOC1)c1ccc2c(c1)OCCO2. The van der Waals surface area contributed by atoms with Crippen LogP contribution in [0.4, 0.5) is 0 Å². The molecule has 0 aliphatic carbocycles. The zero-order valence-corrected chi connectivity index (χ0v) is 12.2. The van der Waals surface area contributed by atoms with Crippen molar-refractivity contribution in [3.05, 3.63) is 23.8 Å². The van der Waals surface area contributed by atoms with E-state index < -0.39 is 6.10 Å². The molecule has 1 aromatic carbocycles. The van der Waals surface area contributed by atoms with Gasteiger partial charge in [-0.2, -0.15) is 0 Å². The van der Waals surface area contributed by atoms with Crippen molar-refractivity contribution in [3.8, 4) is 11.5 Å². The number of hydrogen-bond donors (Lipinski definition) is 2. The molecule has 1 aromatic rings. The third-order valence-corrected chi connectivity index (χ3v) is 3.98. The Balaban J connectivity index is 1.49. The number of benzene rings is 1. The van der Waals surface area contributed by atoms with Crippen LogP contribution >= 0.6 is 0 Å². The average Bonchev–Trinajstić information content (AvgIpc) is 2.55. The van der Waals surface area contributed by atoms with Gasteiger partial charge in [0.1, 0.15) is 13.2 Å². The lowest BCUT2D eigenvalue weighted by Gasteiger charge is -2.23. The lowest BCUT2D eigenvalue weighted by molar-refractivity contribution is 0.0532. The van der Waals surface area contributed by atoms with Crippen molar-refractivity contribution in [3.63, 3.8) is 0 Å². The monoisotopic (exact) mass is 293 g/mol. The molecule has 0 radical (unpaired) electrons. The first-order chi connectivity index (χ1) is 10.3. The summed E-state index contributed by atoms with van der Waals surface area (Å²) in [4.78, 5) is 0. The van der Waals surface area contributed by atoms with Gasteiger partial charge in [-0.05, 0) is 36.5 Å². The summed E-state index contributed by atoms with van der Waals surface area (Å²) in [6.07, 6.45) is 1.80. The molecule has 1 saturated heterocycles. The first-order valence-corrected chi connectivity index (χ1v) is 7.69. The number of rotatable bonds is 5. The van der Waals surface area contributed by atoms with Crippen LogP contribution in [0.25, 0.3) is 0 Å². The van der Waals surface area contributed by atoms with Gasteiger partial charge in [0.25, 0.3) is 0 Å². The van der Waals surface area contributed by atoms with Crippen LogP contribution in [0.15, 0.2) is 18.2 Å². The summed E-state index contributed by atoms with van der Waals surface area (Å²) in [6.45, 7) is 4.29. The molecule has 0 aromatic heterocycles. The maximum Gasteiger partial charge on any atom is 0.161 e. The third kappa shape index (κ3) is 3.87. The second-order valence-electron chi connectivity index (χ2n) is 5.66. The van der Waals surface area contributed by atoms with Gasteiger partial charge in [0.2, 0.25) is 0 Å². The van der Waals surface area contributed by atoms with Crippen LogP contribution in [0.2, 0.25) is 0 Å². The molecule has 2 N–H and O–H groups in total. The van der Waals surface area contributed by atoms with Gasteiger partial charge in [-0.15, -0.1) is 0 Å². The molecule has 0 saturated carbocycles. The molecule has 5 heteroatoms. The Hall–Kier alpha value is -1.30. The van der Waals surface area contributed by atoms with E-state index in [1.165, 1.54) is 6.42 Å². The van der Waals surface area contributed by atoms with Crippen LogP contribution in [0, 0.1) is 5.92 Å². The van der Waals surface area contributed by atoms with Crippen molar-refractivity contribution in [2.75, 3.05) is 39.5 Å². The van der Waals surface area contributed by atoms with E-state index in [-0.39, 0.29) is 0 Å². The molecular formula is C16H23NO4. The molecule has 0 amide bonds. The van der Waals surface area contributed by atoms with Gasteiger partial charge in [-0.25, -0.2) is 0 Å². The Morgan fingerprint density at radius 2 is 2.05 bits per heavy atom. The molecule has 5 nitrogen and oxygen atoms in total. The molecule has 2 unspecified atom stereocenters. The highest BCUT2D eigenvalue weighted by molar-refractivity contribution is 5.44. The van der Waals surface area contributed by atoms with Crippen molar-refractivity contribution in [1.82, 2.24) is 5.32 Å². The second-order valence-corrected chi connectivity index (χ2v) is 5.66. The fraction of sp³-hybridized carbons (Fsp3) is 0.625. The second kappa shape index (κ2) is 7.11. The molecule has 116 valence electrons. The maximum absolute atomic E-state index is 10.3. The lowest BCUT2D eigenvalue weighted by Crippen LogP contribution is -2.31. The molecule has 3 rings (SSSR count). The summed E-state index contributed by atoms with van der Waals surface area (Å²) in [5, 5.41) is 13.6. The topological polar surface area (TPSA) is 60.0 Å². The zero-order chi connectivity index (χ0) is 14.5. The Labute approximate surface area is 125 Å². The molecule has 0 bridgehead atoms. The Bertz CT molecular complexity index is 460. The van der Waals surface area contributed by atoms with E-state index in [9.17, 15) is 5.11 Å². The number of aliphatic hydroxyl groups excluding tert-OH is 1. The Kier molecular flexibility index (Phi) is 4.95. The Morgan fingerprint density at radius 3 is 2.86 bits per heavy atom. The zero-order valence-electron chi connectivity index (χ0n) is 12.2. The highest BCUT2D eigenvalue weighted by Crippen LogP contribution is 2.32. The predicted octanol–water partition coefficient (Wildman–Crippen LogP) is 1.51.